The highest BCUT2D eigenvalue weighted by molar-refractivity contribution is 5.87. The second kappa shape index (κ2) is 8.17. The maximum atomic E-state index is 12.3. The van der Waals surface area contributed by atoms with E-state index in [-0.39, 0.29) is 22.5 Å². The highest BCUT2D eigenvalue weighted by atomic mass is 16.3. The van der Waals surface area contributed by atoms with Crippen molar-refractivity contribution in [2.24, 2.45) is 5.41 Å². The SMILES string of the molecule is C=CC(=O)NC(c1cc(C)cc(C(C)(C)CC(C)(C)C)c1O)n1nc2ccccc2n1. The van der Waals surface area contributed by atoms with E-state index in [9.17, 15) is 9.90 Å². The molecule has 1 atom stereocenters. The number of nitrogens with one attached hydrogen (secondary N) is 1. The van der Waals surface area contributed by atoms with Crippen molar-refractivity contribution in [3.05, 3.63) is 65.7 Å². The molecule has 164 valence electrons. The zero-order valence-corrected chi connectivity index (χ0v) is 19.2. The lowest BCUT2D eigenvalue weighted by Crippen LogP contribution is -2.34. The van der Waals surface area contributed by atoms with Gasteiger partial charge in [0, 0.05) is 11.1 Å². The summed E-state index contributed by atoms with van der Waals surface area (Å²) in [4.78, 5) is 13.7. The van der Waals surface area contributed by atoms with E-state index in [1.165, 1.54) is 10.9 Å². The first kappa shape index (κ1) is 22.5. The van der Waals surface area contributed by atoms with Crippen molar-refractivity contribution in [1.29, 1.82) is 0 Å². The fraction of sp³-hybridized carbons (Fsp3) is 0.400. The number of aromatic hydroxyl groups is 1. The molecule has 31 heavy (non-hydrogen) atoms. The number of rotatable bonds is 6. The molecule has 0 radical (unpaired) electrons. The van der Waals surface area contributed by atoms with Crippen LogP contribution in [0.4, 0.5) is 0 Å². The predicted octanol–water partition coefficient (Wildman–Crippen LogP) is 5.01. The molecule has 2 aromatic carbocycles. The van der Waals surface area contributed by atoms with Crippen LogP contribution in [0.5, 0.6) is 5.75 Å². The summed E-state index contributed by atoms with van der Waals surface area (Å²) >= 11 is 0. The molecule has 6 heteroatoms. The topological polar surface area (TPSA) is 80.0 Å². The first-order chi connectivity index (χ1) is 14.4. The number of carbonyl (C=O) groups excluding carboxylic acids is 1. The third kappa shape index (κ3) is 4.95. The van der Waals surface area contributed by atoms with Gasteiger partial charge in [0.1, 0.15) is 16.8 Å². The van der Waals surface area contributed by atoms with Crippen LogP contribution in [0.2, 0.25) is 0 Å². The Morgan fingerprint density at radius 3 is 2.26 bits per heavy atom. The minimum Gasteiger partial charge on any atom is -0.507 e. The minimum absolute atomic E-state index is 0.0809. The number of nitrogens with zero attached hydrogens (tertiary/aromatic N) is 3. The number of benzene rings is 2. The number of hydrogen-bond donors (Lipinski definition) is 2. The molecule has 3 rings (SSSR count). The Morgan fingerprint density at radius 1 is 1.16 bits per heavy atom. The van der Waals surface area contributed by atoms with Crippen molar-refractivity contribution >= 4 is 16.9 Å². The summed E-state index contributed by atoms with van der Waals surface area (Å²) in [5.74, 6) is -0.224. The van der Waals surface area contributed by atoms with Crippen molar-refractivity contribution < 1.29 is 9.90 Å². The van der Waals surface area contributed by atoms with E-state index in [0.717, 1.165) is 17.5 Å². The maximum Gasteiger partial charge on any atom is 0.245 e. The zero-order valence-electron chi connectivity index (χ0n) is 19.2. The average Bonchev–Trinajstić information content (AvgIpc) is 3.09. The Labute approximate surface area is 184 Å². The second-order valence-corrected chi connectivity index (χ2v) is 10.00. The minimum atomic E-state index is -0.776. The highest BCUT2D eigenvalue weighted by Gasteiger charge is 2.32. The lowest BCUT2D eigenvalue weighted by molar-refractivity contribution is -0.117. The number of hydrogen-bond acceptors (Lipinski definition) is 4. The van der Waals surface area contributed by atoms with Gasteiger partial charge < -0.3 is 10.4 Å². The summed E-state index contributed by atoms with van der Waals surface area (Å²) in [6.07, 6.45) is 1.30. The fourth-order valence-corrected chi connectivity index (χ4v) is 4.40. The van der Waals surface area contributed by atoms with Gasteiger partial charge in [0.05, 0.1) is 0 Å². The number of phenols is 1. The number of aryl methyl sites for hydroxylation is 1. The van der Waals surface area contributed by atoms with E-state index in [0.29, 0.717) is 16.6 Å². The molecule has 3 aromatic rings. The highest BCUT2D eigenvalue weighted by Crippen LogP contribution is 2.43. The van der Waals surface area contributed by atoms with Crippen LogP contribution in [0.15, 0.2) is 49.1 Å². The van der Waals surface area contributed by atoms with Gasteiger partial charge in [0.15, 0.2) is 6.17 Å². The quantitative estimate of drug-likeness (QED) is 0.550. The van der Waals surface area contributed by atoms with Crippen LogP contribution < -0.4 is 5.32 Å². The molecule has 0 bridgehead atoms. The Balaban J connectivity index is 2.18. The van der Waals surface area contributed by atoms with Gasteiger partial charge in [-0.2, -0.15) is 15.0 Å². The molecule has 0 spiro atoms. The van der Waals surface area contributed by atoms with E-state index in [4.69, 9.17) is 0 Å². The summed E-state index contributed by atoms with van der Waals surface area (Å²) in [5, 5.41) is 23.4. The van der Waals surface area contributed by atoms with E-state index in [1.807, 2.05) is 43.3 Å². The molecule has 1 amide bonds. The largest absolute Gasteiger partial charge is 0.507 e. The maximum absolute atomic E-state index is 12.3. The van der Waals surface area contributed by atoms with Crippen LogP contribution in [0, 0.1) is 12.3 Å². The molecule has 2 N–H and O–H groups in total. The Morgan fingerprint density at radius 2 is 1.74 bits per heavy atom. The van der Waals surface area contributed by atoms with E-state index in [2.05, 4.69) is 56.7 Å². The summed E-state index contributed by atoms with van der Waals surface area (Å²) in [6.45, 7) is 16.4. The van der Waals surface area contributed by atoms with Crippen LogP contribution in [0.3, 0.4) is 0 Å². The lowest BCUT2D eigenvalue weighted by Gasteiger charge is -2.34. The molecule has 1 heterocycles. The molecule has 6 nitrogen and oxygen atoms in total. The van der Waals surface area contributed by atoms with Crippen LogP contribution in [-0.4, -0.2) is 26.0 Å². The molecule has 0 aliphatic heterocycles. The molecular formula is C25H32N4O2. The third-order valence-corrected chi connectivity index (χ3v) is 5.28. The molecule has 1 aromatic heterocycles. The van der Waals surface area contributed by atoms with E-state index < -0.39 is 6.17 Å². The third-order valence-electron chi connectivity index (χ3n) is 5.28. The number of amides is 1. The second-order valence-electron chi connectivity index (χ2n) is 10.00. The molecule has 0 aliphatic carbocycles. The number of carbonyl (C=O) groups is 1. The summed E-state index contributed by atoms with van der Waals surface area (Å²) < 4.78 is 0. The molecular weight excluding hydrogens is 388 g/mol. The molecule has 0 saturated carbocycles. The summed E-state index contributed by atoms with van der Waals surface area (Å²) in [7, 11) is 0. The van der Waals surface area contributed by atoms with Crippen molar-refractivity contribution in [3.8, 4) is 5.75 Å². The van der Waals surface area contributed by atoms with E-state index >= 15 is 0 Å². The Bertz CT molecular complexity index is 1090. The first-order valence-corrected chi connectivity index (χ1v) is 10.5. The number of fused-ring (bicyclic) bond motifs is 1. The predicted molar refractivity (Wildman–Crippen MR) is 124 cm³/mol. The number of phenolic OH excluding ortho intramolecular Hbond substituents is 1. The summed E-state index contributed by atoms with van der Waals surface area (Å²) in [5.41, 5.74) is 3.59. The van der Waals surface area contributed by atoms with Crippen molar-refractivity contribution in [2.45, 2.75) is 59.5 Å². The van der Waals surface area contributed by atoms with Gasteiger partial charge in [0.25, 0.3) is 0 Å². The molecule has 0 aliphatic rings. The van der Waals surface area contributed by atoms with Gasteiger partial charge >= 0.3 is 0 Å². The summed E-state index contributed by atoms with van der Waals surface area (Å²) in [6, 6.07) is 11.4. The Hall–Kier alpha value is -3.15. The number of aromatic nitrogens is 3. The smallest absolute Gasteiger partial charge is 0.245 e. The molecule has 1 unspecified atom stereocenters. The van der Waals surface area contributed by atoms with Gasteiger partial charge in [-0.25, -0.2) is 0 Å². The standard InChI is InChI=1S/C25H32N4O2/c1-8-21(30)26-23(29-27-19-11-9-10-12-20(19)28-29)17-13-16(2)14-18(22(17)31)25(6,7)15-24(3,4)5/h8-14,23,31H,1,15H2,2-7H3,(H,26,30). The lowest BCUT2D eigenvalue weighted by atomic mass is 9.71. The average molecular weight is 421 g/mol. The van der Waals surface area contributed by atoms with Crippen LogP contribution in [-0.2, 0) is 10.2 Å². The first-order valence-electron chi connectivity index (χ1n) is 10.5. The molecule has 0 fully saturated rings. The Kier molecular flexibility index (Phi) is 5.94. The van der Waals surface area contributed by atoms with Gasteiger partial charge in [-0.05, 0) is 48.4 Å². The monoisotopic (exact) mass is 420 g/mol. The van der Waals surface area contributed by atoms with Gasteiger partial charge in [-0.1, -0.05) is 65.0 Å². The van der Waals surface area contributed by atoms with Crippen molar-refractivity contribution in [3.63, 3.8) is 0 Å². The van der Waals surface area contributed by atoms with Crippen LogP contribution in [0.1, 0.15) is 63.9 Å². The molecule has 0 saturated heterocycles. The fourth-order valence-electron chi connectivity index (χ4n) is 4.40. The normalized spacial score (nSPS) is 13.2. The van der Waals surface area contributed by atoms with Gasteiger partial charge in [-0.15, -0.1) is 0 Å². The van der Waals surface area contributed by atoms with Gasteiger partial charge in [-0.3, -0.25) is 4.79 Å². The zero-order chi connectivity index (χ0) is 23.0. The van der Waals surface area contributed by atoms with Crippen LogP contribution >= 0.6 is 0 Å². The van der Waals surface area contributed by atoms with Crippen molar-refractivity contribution in [2.75, 3.05) is 0 Å². The van der Waals surface area contributed by atoms with E-state index in [1.54, 1.807) is 0 Å². The van der Waals surface area contributed by atoms with Gasteiger partial charge in [0.2, 0.25) is 5.91 Å². The van der Waals surface area contributed by atoms with Crippen LogP contribution in [0.25, 0.3) is 11.0 Å². The van der Waals surface area contributed by atoms with Crippen molar-refractivity contribution in [1.82, 2.24) is 20.3 Å².